The highest BCUT2D eigenvalue weighted by atomic mass is 15.3. The third kappa shape index (κ3) is 3.41. The van der Waals surface area contributed by atoms with Crippen molar-refractivity contribution in [2.24, 2.45) is 5.73 Å². The van der Waals surface area contributed by atoms with Gasteiger partial charge in [0.2, 0.25) is 0 Å². The van der Waals surface area contributed by atoms with Gasteiger partial charge in [-0.15, -0.1) is 10.2 Å². The van der Waals surface area contributed by atoms with Gasteiger partial charge in [-0.25, -0.2) is 0 Å². The van der Waals surface area contributed by atoms with E-state index in [-0.39, 0.29) is 6.04 Å². The van der Waals surface area contributed by atoms with Crippen LogP contribution in [0.15, 0.2) is 30.3 Å². The van der Waals surface area contributed by atoms with Crippen molar-refractivity contribution in [1.82, 2.24) is 14.8 Å². The zero-order chi connectivity index (χ0) is 13.7. The van der Waals surface area contributed by atoms with Gasteiger partial charge in [0.15, 0.2) is 0 Å². The molecular weight excluding hydrogens is 236 g/mol. The fourth-order valence-corrected chi connectivity index (χ4v) is 2.27. The Hall–Kier alpha value is -1.68. The maximum Gasteiger partial charge on any atom is 0.149 e. The normalized spacial score (nSPS) is 12.6. The van der Waals surface area contributed by atoms with Gasteiger partial charge in [-0.1, -0.05) is 37.3 Å². The number of benzene rings is 1. The molecular formula is C15H22N4. The van der Waals surface area contributed by atoms with Crippen LogP contribution in [-0.4, -0.2) is 14.8 Å². The summed E-state index contributed by atoms with van der Waals surface area (Å²) in [5.41, 5.74) is 7.58. The molecule has 0 amide bonds. The van der Waals surface area contributed by atoms with Crippen LogP contribution in [0.2, 0.25) is 0 Å². The number of aryl methyl sites for hydroxylation is 2. The fourth-order valence-electron chi connectivity index (χ4n) is 2.27. The zero-order valence-electron chi connectivity index (χ0n) is 11.7. The van der Waals surface area contributed by atoms with E-state index in [9.17, 15) is 0 Å². The van der Waals surface area contributed by atoms with Crippen molar-refractivity contribution in [3.63, 3.8) is 0 Å². The van der Waals surface area contributed by atoms with Gasteiger partial charge in [0.05, 0.1) is 6.04 Å². The first kappa shape index (κ1) is 13.7. The summed E-state index contributed by atoms with van der Waals surface area (Å²) >= 11 is 0. The highest BCUT2D eigenvalue weighted by Gasteiger charge is 2.15. The van der Waals surface area contributed by atoms with Crippen LogP contribution in [0.1, 0.15) is 43.0 Å². The largest absolute Gasteiger partial charge is 0.321 e. The van der Waals surface area contributed by atoms with Crippen LogP contribution >= 0.6 is 0 Å². The fraction of sp³-hybridized carbons (Fsp3) is 0.467. The van der Waals surface area contributed by atoms with Crippen molar-refractivity contribution in [3.05, 3.63) is 47.5 Å². The van der Waals surface area contributed by atoms with Crippen molar-refractivity contribution in [1.29, 1.82) is 0 Å². The minimum Gasteiger partial charge on any atom is -0.321 e. The van der Waals surface area contributed by atoms with E-state index in [1.54, 1.807) is 0 Å². The summed E-state index contributed by atoms with van der Waals surface area (Å²) in [5, 5.41) is 8.38. The summed E-state index contributed by atoms with van der Waals surface area (Å²) < 4.78 is 2.13. The molecule has 0 fully saturated rings. The van der Waals surface area contributed by atoms with Gasteiger partial charge in [0.25, 0.3) is 0 Å². The average Bonchev–Trinajstić information content (AvgIpc) is 2.80. The maximum absolute atomic E-state index is 6.26. The Kier molecular flexibility index (Phi) is 4.68. The Morgan fingerprint density at radius 1 is 1.21 bits per heavy atom. The van der Waals surface area contributed by atoms with E-state index in [0.717, 1.165) is 37.5 Å². The molecule has 1 unspecified atom stereocenters. The molecule has 0 saturated heterocycles. The second-order valence-electron chi connectivity index (χ2n) is 4.89. The second-order valence-corrected chi connectivity index (χ2v) is 4.89. The van der Waals surface area contributed by atoms with Crippen LogP contribution in [0, 0.1) is 6.92 Å². The lowest BCUT2D eigenvalue weighted by molar-refractivity contribution is 0.543. The highest BCUT2D eigenvalue weighted by molar-refractivity contribution is 5.15. The number of hydrogen-bond acceptors (Lipinski definition) is 3. The van der Waals surface area contributed by atoms with Gasteiger partial charge in [0, 0.05) is 6.54 Å². The van der Waals surface area contributed by atoms with Crippen LogP contribution in [0.4, 0.5) is 0 Å². The first-order valence-electron chi connectivity index (χ1n) is 6.91. The highest BCUT2D eigenvalue weighted by Crippen LogP contribution is 2.16. The Bertz CT molecular complexity index is 504. The maximum atomic E-state index is 6.26. The molecule has 19 heavy (non-hydrogen) atoms. The summed E-state index contributed by atoms with van der Waals surface area (Å²) in [6.07, 6.45) is 2.93. The number of nitrogens with two attached hydrogens (primary N) is 1. The van der Waals surface area contributed by atoms with E-state index in [0.29, 0.717) is 0 Å². The number of aromatic nitrogens is 3. The molecule has 2 rings (SSSR count). The summed E-state index contributed by atoms with van der Waals surface area (Å²) in [6.45, 7) is 5.07. The molecule has 0 bridgehead atoms. The van der Waals surface area contributed by atoms with Gasteiger partial charge in [-0.05, 0) is 31.7 Å². The van der Waals surface area contributed by atoms with E-state index in [2.05, 4.69) is 46.0 Å². The van der Waals surface area contributed by atoms with Gasteiger partial charge in [-0.2, -0.15) is 0 Å². The van der Waals surface area contributed by atoms with Crippen LogP contribution in [0.3, 0.4) is 0 Å². The first-order chi connectivity index (χ1) is 9.22. The number of rotatable bonds is 6. The summed E-state index contributed by atoms with van der Waals surface area (Å²) in [7, 11) is 0. The van der Waals surface area contributed by atoms with Crippen molar-refractivity contribution >= 4 is 0 Å². The Morgan fingerprint density at radius 3 is 2.63 bits per heavy atom. The molecule has 0 radical (unpaired) electrons. The van der Waals surface area contributed by atoms with E-state index in [4.69, 9.17) is 5.73 Å². The summed E-state index contributed by atoms with van der Waals surface area (Å²) in [6, 6.07) is 10.4. The predicted molar refractivity (Wildman–Crippen MR) is 76.7 cm³/mol. The molecule has 1 heterocycles. The molecule has 1 atom stereocenters. The van der Waals surface area contributed by atoms with Crippen molar-refractivity contribution in [2.75, 3.05) is 0 Å². The average molecular weight is 258 g/mol. The molecule has 1 aromatic heterocycles. The molecule has 1 aromatic carbocycles. The third-order valence-electron chi connectivity index (χ3n) is 3.33. The third-order valence-corrected chi connectivity index (χ3v) is 3.33. The van der Waals surface area contributed by atoms with Gasteiger partial charge >= 0.3 is 0 Å². The zero-order valence-corrected chi connectivity index (χ0v) is 11.7. The van der Waals surface area contributed by atoms with E-state index in [1.807, 2.05) is 13.0 Å². The SMILES string of the molecule is CCCn1c(C)nnc1C(N)CCc1ccccc1. The molecule has 0 aliphatic carbocycles. The minimum absolute atomic E-state index is 0.0482. The Labute approximate surface area is 114 Å². The second kappa shape index (κ2) is 6.48. The van der Waals surface area contributed by atoms with Gasteiger partial charge in [-0.3, -0.25) is 0 Å². The Balaban J connectivity index is 2.02. The lowest BCUT2D eigenvalue weighted by Gasteiger charge is -2.13. The van der Waals surface area contributed by atoms with E-state index >= 15 is 0 Å². The van der Waals surface area contributed by atoms with E-state index < -0.39 is 0 Å². The molecule has 4 nitrogen and oxygen atoms in total. The van der Waals surface area contributed by atoms with Crippen molar-refractivity contribution in [3.8, 4) is 0 Å². The molecule has 2 aromatic rings. The molecule has 102 valence electrons. The molecule has 0 spiro atoms. The quantitative estimate of drug-likeness (QED) is 0.866. The molecule has 0 saturated carbocycles. The van der Waals surface area contributed by atoms with Crippen LogP contribution in [0.5, 0.6) is 0 Å². The minimum atomic E-state index is -0.0482. The Morgan fingerprint density at radius 2 is 1.95 bits per heavy atom. The number of nitrogens with zero attached hydrogens (tertiary/aromatic N) is 3. The predicted octanol–water partition coefficient (Wildman–Crippen LogP) is 2.63. The van der Waals surface area contributed by atoms with Gasteiger partial charge in [0.1, 0.15) is 11.6 Å². The van der Waals surface area contributed by atoms with Crippen molar-refractivity contribution < 1.29 is 0 Å². The monoisotopic (exact) mass is 258 g/mol. The standard InChI is InChI=1S/C15H22N4/c1-3-11-19-12(2)17-18-15(19)14(16)10-9-13-7-5-4-6-8-13/h4-8,14H,3,9-11,16H2,1-2H3. The summed E-state index contributed by atoms with van der Waals surface area (Å²) in [4.78, 5) is 0. The topological polar surface area (TPSA) is 56.7 Å². The molecule has 0 aliphatic rings. The number of hydrogen-bond donors (Lipinski definition) is 1. The lowest BCUT2D eigenvalue weighted by atomic mass is 10.1. The lowest BCUT2D eigenvalue weighted by Crippen LogP contribution is -2.18. The summed E-state index contributed by atoms with van der Waals surface area (Å²) in [5.74, 6) is 1.86. The van der Waals surface area contributed by atoms with Gasteiger partial charge < -0.3 is 10.3 Å². The van der Waals surface area contributed by atoms with E-state index in [1.165, 1.54) is 5.56 Å². The van der Waals surface area contributed by atoms with Crippen LogP contribution in [0.25, 0.3) is 0 Å². The van der Waals surface area contributed by atoms with Crippen LogP contribution < -0.4 is 5.73 Å². The van der Waals surface area contributed by atoms with Crippen molar-refractivity contribution in [2.45, 2.75) is 45.7 Å². The molecule has 2 N–H and O–H groups in total. The smallest absolute Gasteiger partial charge is 0.149 e. The molecule has 4 heteroatoms. The first-order valence-corrected chi connectivity index (χ1v) is 6.91. The van der Waals surface area contributed by atoms with Crippen LogP contribution in [-0.2, 0) is 13.0 Å². The molecule has 0 aliphatic heterocycles.